The van der Waals surface area contributed by atoms with E-state index in [-0.39, 0.29) is 17.1 Å². The standard InChI is InChI=1S/C14H14N2O4/c1-8-6-12(18)13(14(19)20-8)11(17)5-4-10-7-15-16(3)9(10)2/h4-7,18H,1-3H3/b5-4+. The number of carbonyl (C=O) groups excluding carboxylic acids is 1. The summed E-state index contributed by atoms with van der Waals surface area (Å²) in [5, 5.41) is 13.7. The molecule has 20 heavy (non-hydrogen) atoms. The zero-order valence-electron chi connectivity index (χ0n) is 11.4. The van der Waals surface area contributed by atoms with E-state index in [9.17, 15) is 14.7 Å². The normalized spacial score (nSPS) is 11.2. The Hall–Kier alpha value is -2.63. The van der Waals surface area contributed by atoms with Gasteiger partial charge in [-0.15, -0.1) is 0 Å². The lowest BCUT2D eigenvalue weighted by atomic mass is 10.1. The summed E-state index contributed by atoms with van der Waals surface area (Å²) in [6.45, 7) is 3.37. The summed E-state index contributed by atoms with van der Waals surface area (Å²) in [5.74, 6) is -0.744. The van der Waals surface area contributed by atoms with Gasteiger partial charge in [0.25, 0.3) is 0 Å². The summed E-state index contributed by atoms with van der Waals surface area (Å²) in [5.41, 5.74) is 0.430. The predicted molar refractivity (Wildman–Crippen MR) is 72.7 cm³/mol. The molecule has 0 atom stereocenters. The average molecular weight is 274 g/mol. The van der Waals surface area contributed by atoms with E-state index in [2.05, 4.69) is 5.10 Å². The lowest BCUT2D eigenvalue weighted by Crippen LogP contribution is -2.12. The molecule has 0 bridgehead atoms. The van der Waals surface area contributed by atoms with Crippen molar-refractivity contribution in [1.29, 1.82) is 0 Å². The van der Waals surface area contributed by atoms with Crippen molar-refractivity contribution >= 4 is 11.9 Å². The van der Waals surface area contributed by atoms with Crippen molar-refractivity contribution in [3.8, 4) is 5.75 Å². The predicted octanol–water partition coefficient (Wildman–Crippen LogP) is 1.59. The van der Waals surface area contributed by atoms with Crippen molar-refractivity contribution in [1.82, 2.24) is 9.78 Å². The molecule has 0 radical (unpaired) electrons. The number of carbonyl (C=O) groups is 1. The van der Waals surface area contributed by atoms with Crippen LogP contribution < -0.4 is 5.63 Å². The molecule has 0 fully saturated rings. The first-order valence-corrected chi connectivity index (χ1v) is 5.95. The van der Waals surface area contributed by atoms with Gasteiger partial charge in [-0.1, -0.05) is 0 Å². The third kappa shape index (κ3) is 2.54. The maximum atomic E-state index is 12.0. The van der Waals surface area contributed by atoms with Crippen LogP contribution in [0.15, 0.2) is 27.6 Å². The van der Waals surface area contributed by atoms with Crippen LogP contribution in [0.4, 0.5) is 0 Å². The second kappa shape index (κ2) is 5.16. The minimum Gasteiger partial charge on any atom is -0.507 e. The Morgan fingerprint density at radius 2 is 2.15 bits per heavy atom. The second-order valence-electron chi connectivity index (χ2n) is 4.41. The van der Waals surface area contributed by atoms with Crippen LogP contribution >= 0.6 is 0 Å². The van der Waals surface area contributed by atoms with Gasteiger partial charge in [-0.3, -0.25) is 9.48 Å². The SMILES string of the molecule is Cc1cc(O)c(C(=O)/C=C/c2cnn(C)c2C)c(=O)o1. The molecule has 0 spiro atoms. The van der Waals surface area contributed by atoms with E-state index in [1.807, 2.05) is 6.92 Å². The molecular formula is C14H14N2O4. The third-order valence-electron chi connectivity index (χ3n) is 2.99. The summed E-state index contributed by atoms with van der Waals surface area (Å²) in [4.78, 5) is 23.5. The van der Waals surface area contributed by atoms with Crippen LogP contribution in [-0.2, 0) is 7.05 Å². The first-order chi connectivity index (χ1) is 9.40. The minimum atomic E-state index is -0.847. The topological polar surface area (TPSA) is 85.3 Å². The zero-order chi connectivity index (χ0) is 14.9. The maximum Gasteiger partial charge on any atom is 0.351 e. The van der Waals surface area contributed by atoms with Gasteiger partial charge in [-0.25, -0.2) is 4.79 Å². The number of hydrogen-bond donors (Lipinski definition) is 1. The monoisotopic (exact) mass is 274 g/mol. The van der Waals surface area contributed by atoms with Crippen molar-refractivity contribution in [2.45, 2.75) is 13.8 Å². The van der Waals surface area contributed by atoms with Gasteiger partial charge in [0.15, 0.2) is 5.78 Å². The van der Waals surface area contributed by atoms with Crippen molar-refractivity contribution in [2.75, 3.05) is 0 Å². The van der Waals surface area contributed by atoms with Gasteiger partial charge < -0.3 is 9.52 Å². The highest BCUT2D eigenvalue weighted by molar-refractivity contribution is 6.08. The maximum absolute atomic E-state index is 12.0. The molecule has 2 aromatic rings. The van der Waals surface area contributed by atoms with E-state index >= 15 is 0 Å². The van der Waals surface area contributed by atoms with E-state index < -0.39 is 11.4 Å². The fourth-order valence-corrected chi connectivity index (χ4v) is 1.75. The van der Waals surface area contributed by atoms with E-state index in [1.54, 1.807) is 24.0 Å². The number of hydrogen-bond acceptors (Lipinski definition) is 5. The molecule has 2 aromatic heterocycles. The Morgan fingerprint density at radius 1 is 1.45 bits per heavy atom. The summed E-state index contributed by atoms with van der Waals surface area (Å²) in [6, 6.07) is 1.23. The van der Waals surface area contributed by atoms with Crippen LogP contribution in [0.3, 0.4) is 0 Å². The van der Waals surface area contributed by atoms with Gasteiger partial charge in [-0.2, -0.15) is 5.10 Å². The number of aromatic nitrogens is 2. The van der Waals surface area contributed by atoms with Gasteiger partial charge in [-0.05, 0) is 26.0 Å². The highest BCUT2D eigenvalue weighted by Gasteiger charge is 2.16. The number of aryl methyl sites for hydroxylation is 2. The summed E-state index contributed by atoms with van der Waals surface area (Å²) in [6.07, 6.45) is 4.37. The molecule has 104 valence electrons. The Labute approximate surface area is 115 Å². The van der Waals surface area contributed by atoms with Crippen molar-refractivity contribution in [3.63, 3.8) is 0 Å². The quantitative estimate of drug-likeness (QED) is 0.678. The number of ketones is 1. The van der Waals surface area contributed by atoms with Crippen molar-refractivity contribution in [2.24, 2.45) is 7.05 Å². The van der Waals surface area contributed by atoms with Gasteiger partial charge in [0, 0.05) is 24.4 Å². The van der Waals surface area contributed by atoms with Gasteiger partial charge in [0.2, 0.25) is 0 Å². The number of rotatable bonds is 3. The summed E-state index contributed by atoms with van der Waals surface area (Å²) in [7, 11) is 1.79. The van der Waals surface area contributed by atoms with E-state index in [0.29, 0.717) is 0 Å². The summed E-state index contributed by atoms with van der Waals surface area (Å²) >= 11 is 0. The first-order valence-electron chi connectivity index (χ1n) is 5.95. The fourth-order valence-electron chi connectivity index (χ4n) is 1.75. The van der Waals surface area contributed by atoms with Crippen LogP contribution in [0.1, 0.15) is 27.4 Å². The van der Waals surface area contributed by atoms with E-state index in [4.69, 9.17) is 4.42 Å². The Balaban J connectivity index is 2.34. The molecule has 0 saturated heterocycles. The molecule has 6 nitrogen and oxygen atoms in total. The molecule has 2 rings (SSSR count). The third-order valence-corrected chi connectivity index (χ3v) is 2.99. The Bertz CT molecular complexity index is 753. The highest BCUT2D eigenvalue weighted by Crippen LogP contribution is 2.16. The highest BCUT2D eigenvalue weighted by atomic mass is 16.4. The Kier molecular flexibility index (Phi) is 3.56. The molecular weight excluding hydrogens is 260 g/mol. The molecule has 0 amide bonds. The largest absolute Gasteiger partial charge is 0.507 e. The molecule has 0 aromatic carbocycles. The van der Waals surface area contributed by atoms with E-state index in [1.165, 1.54) is 19.1 Å². The van der Waals surface area contributed by atoms with Crippen molar-refractivity contribution in [3.05, 3.63) is 51.3 Å². The Morgan fingerprint density at radius 3 is 2.70 bits per heavy atom. The van der Waals surface area contributed by atoms with Crippen LogP contribution in [0.5, 0.6) is 5.75 Å². The lowest BCUT2D eigenvalue weighted by Gasteiger charge is -1.99. The fraction of sp³-hybridized carbons (Fsp3) is 0.214. The smallest absolute Gasteiger partial charge is 0.351 e. The molecule has 6 heteroatoms. The molecule has 0 aliphatic heterocycles. The van der Waals surface area contributed by atoms with Gasteiger partial charge in [0.05, 0.1) is 6.20 Å². The molecule has 0 unspecified atom stereocenters. The molecule has 0 aliphatic rings. The number of aromatic hydroxyl groups is 1. The minimum absolute atomic E-state index is 0.246. The van der Waals surface area contributed by atoms with Crippen LogP contribution in [0.2, 0.25) is 0 Å². The first kappa shape index (κ1) is 13.8. The molecule has 0 aliphatic carbocycles. The molecule has 0 saturated carbocycles. The van der Waals surface area contributed by atoms with Crippen LogP contribution in [-0.4, -0.2) is 20.7 Å². The zero-order valence-corrected chi connectivity index (χ0v) is 11.4. The lowest BCUT2D eigenvalue weighted by molar-refractivity contribution is 0.104. The van der Waals surface area contributed by atoms with E-state index in [0.717, 1.165) is 11.3 Å². The molecule has 1 N–H and O–H groups in total. The van der Waals surface area contributed by atoms with Crippen LogP contribution in [0.25, 0.3) is 6.08 Å². The van der Waals surface area contributed by atoms with Crippen molar-refractivity contribution < 1.29 is 14.3 Å². The van der Waals surface area contributed by atoms with Gasteiger partial charge >= 0.3 is 5.63 Å². The second-order valence-corrected chi connectivity index (χ2v) is 4.41. The molecule has 2 heterocycles. The summed E-state index contributed by atoms with van der Waals surface area (Å²) < 4.78 is 6.47. The average Bonchev–Trinajstić information content (AvgIpc) is 2.66. The number of allylic oxidation sites excluding steroid dienone is 1. The van der Waals surface area contributed by atoms with Crippen LogP contribution in [0, 0.1) is 13.8 Å². The van der Waals surface area contributed by atoms with Gasteiger partial charge in [0.1, 0.15) is 17.1 Å². The number of nitrogens with zero attached hydrogens (tertiary/aromatic N) is 2.